The molecule has 16 heavy (non-hydrogen) atoms. The largest absolute Gasteiger partial charge is 0.329 e. The molecule has 1 heterocycles. The number of aryl methyl sites for hydroxylation is 1. The van der Waals surface area contributed by atoms with Crippen LogP contribution in [0.1, 0.15) is 31.5 Å². The third-order valence-electron chi connectivity index (χ3n) is 3.41. The zero-order valence-corrected chi connectivity index (χ0v) is 9.97. The third kappa shape index (κ3) is 2.59. The summed E-state index contributed by atoms with van der Waals surface area (Å²) < 4.78 is 1.85. The van der Waals surface area contributed by atoms with Crippen LogP contribution in [0.15, 0.2) is 6.33 Å². The highest BCUT2D eigenvalue weighted by atomic mass is 15.3. The Kier molecular flexibility index (Phi) is 3.90. The molecule has 1 aromatic heterocycles. The fourth-order valence-corrected chi connectivity index (χ4v) is 2.47. The lowest BCUT2D eigenvalue weighted by Crippen LogP contribution is -2.37. The van der Waals surface area contributed by atoms with Crippen LogP contribution in [0.3, 0.4) is 0 Å². The van der Waals surface area contributed by atoms with E-state index in [1.165, 1.54) is 25.7 Å². The van der Waals surface area contributed by atoms with Gasteiger partial charge in [-0.3, -0.25) is 9.58 Å². The van der Waals surface area contributed by atoms with Crippen LogP contribution < -0.4 is 5.73 Å². The number of aromatic nitrogens is 3. The van der Waals surface area contributed by atoms with Crippen molar-refractivity contribution in [3.05, 3.63) is 12.2 Å². The Labute approximate surface area is 96.6 Å². The average Bonchev–Trinajstić information content (AvgIpc) is 2.90. The van der Waals surface area contributed by atoms with E-state index in [0.717, 1.165) is 18.9 Å². The van der Waals surface area contributed by atoms with Crippen molar-refractivity contribution in [1.29, 1.82) is 0 Å². The van der Waals surface area contributed by atoms with E-state index >= 15 is 0 Å². The van der Waals surface area contributed by atoms with Crippen LogP contribution in [0.25, 0.3) is 0 Å². The Morgan fingerprint density at radius 3 is 2.81 bits per heavy atom. The SMILES string of the molecule is Cn1ncnc1CN(CCN)C1CCCC1. The van der Waals surface area contributed by atoms with Crippen LogP contribution in [-0.4, -0.2) is 38.8 Å². The van der Waals surface area contributed by atoms with Crippen molar-refractivity contribution in [3.63, 3.8) is 0 Å². The van der Waals surface area contributed by atoms with Gasteiger partial charge in [-0.2, -0.15) is 5.10 Å². The minimum absolute atomic E-state index is 0.695. The van der Waals surface area contributed by atoms with Gasteiger partial charge in [-0.1, -0.05) is 12.8 Å². The molecule has 0 bridgehead atoms. The van der Waals surface area contributed by atoms with E-state index in [9.17, 15) is 0 Å². The van der Waals surface area contributed by atoms with Gasteiger partial charge in [0.2, 0.25) is 0 Å². The van der Waals surface area contributed by atoms with Crippen molar-refractivity contribution < 1.29 is 0 Å². The highest BCUT2D eigenvalue weighted by Gasteiger charge is 2.23. The Bertz CT molecular complexity index is 316. The molecule has 0 unspecified atom stereocenters. The van der Waals surface area contributed by atoms with Crippen LogP contribution in [0.2, 0.25) is 0 Å². The molecule has 0 aliphatic heterocycles. The van der Waals surface area contributed by atoms with E-state index in [1.807, 2.05) is 11.7 Å². The van der Waals surface area contributed by atoms with E-state index in [2.05, 4.69) is 15.0 Å². The smallest absolute Gasteiger partial charge is 0.140 e. The summed E-state index contributed by atoms with van der Waals surface area (Å²) in [5.74, 6) is 1.03. The summed E-state index contributed by atoms with van der Waals surface area (Å²) in [7, 11) is 1.94. The second-order valence-corrected chi connectivity index (χ2v) is 4.50. The fraction of sp³-hybridized carbons (Fsp3) is 0.818. The standard InChI is InChI=1S/C11H21N5/c1-15-11(13-9-14-15)8-16(7-6-12)10-4-2-3-5-10/h9-10H,2-8,12H2,1H3. The third-order valence-corrected chi connectivity index (χ3v) is 3.41. The lowest BCUT2D eigenvalue weighted by Gasteiger charge is -2.27. The van der Waals surface area contributed by atoms with Gasteiger partial charge in [-0.15, -0.1) is 0 Å². The van der Waals surface area contributed by atoms with Gasteiger partial charge < -0.3 is 5.73 Å². The molecular weight excluding hydrogens is 202 g/mol. The van der Waals surface area contributed by atoms with Crippen molar-refractivity contribution >= 4 is 0 Å². The monoisotopic (exact) mass is 223 g/mol. The summed E-state index contributed by atoms with van der Waals surface area (Å²) in [4.78, 5) is 6.73. The maximum Gasteiger partial charge on any atom is 0.140 e. The highest BCUT2D eigenvalue weighted by molar-refractivity contribution is 4.87. The quantitative estimate of drug-likeness (QED) is 0.790. The molecule has 0 saturated heterocycles. The first-order chi connectivity index (χ1) is 7.81. The Balaban J connectivity index is 1.99. The molecule has 0 amide bonds. The molecule has 90 valence electrons. The van der Waals surface area contributed by atoms with Gasteiger partial charge in [0, 0.05) is 26.2 Å². The Hall–Kier alpha value is -0.940. The second-order valence-electron chi connectivity index (χ2n) is 4.50. The maximum absolute atomic E-state index is 5.68. The van der Waals surface area contributed by atoms with Gasteiger partial charge >= 0.3 is 0 Å². The number of rotatable bonds is 5. The van der Waals surface area contributed by atoms with E-state index in [0.29, 0.717) is 12.6 Å². The van der Waals surface area contributed by atoms with Crippen LogP contribution in [-0.2, 0) is 13.6 Å². The minimum atomic E-state index is 0.695. The van der Waals surface area contributed by atoms with Crippen LogP contribution in [0.4, 0.5) is 0 Å². The van der Waals surface area contributed by atoms with Gasteiger partial charge in [0.1, 0.15) is 12.2 Å². The summed E-state index contributed by atoms with van der Waals surface area (Å²) in [5.41, 5.74) is 5.68. The molecule has 0 spiro atoms. The molecule has 1 aliphatic rings. The van der Waals surface area contributed by atoms with Gasteiger partial charge in [0.25, 0.3) is 0 Å². The van der Waals surface area contributed by atoms with Gasteiger partial charge in [0.05, 0.1) is 6.54 Å². The molecule has 0 radical (unpaired) electrons. The van der Waals surface area contributed by atoms with Gasteiger partial charge in [-0.25, -0.2) is 4.98 Å². The summed E-state index contributed by atoms with van der Waals surface area (Å²) in [6, 6.07) is 0.695. The Morgan fingerprint density at radius 1 is 1.50 bits per heavy atom. The molecule has 5 nitrogen and oxygen atoms in total. The fourth-order valence-electron chi connectivity index (χ4n) is 2.47. The Morgan fingerprint density at radius 2 is 2.25 bits per heavy atom. The van der Waals surface area contributed by atoms with E-state index < -0.39 is 0 Å². The first kappa shape index (κ1) is 11.5. The van der Waals surface area contributed by atoms with Crippen LogP contribution in [0.5, 0.6) is 0 Å². The topological polar surface area (TPSA) is 60.0 Å². The number of nitrogens with two attached hydrogens (primary N) is 1. The van der Waals surface area contributed by atoms with Crippen LogP contribution in [0, 0.1) is 0 Å². The molecule has 0 aromatic carbocycles. The predicted octanol–water partition coefficient (Wildman–Crippen LogP) is 0.518. The normalized spacial score (nSPS) is 17.4. The van der Waals surface area contributed by atoms with Crippen molar-refractivity contribution in [2.24, 2.45) is 12.8 Å². The number of nitrogens with zero attached hydrogens (tertiary/aromatic N) is 4. The molecule has 5 heteroatoms. The molecule has 2 rings (SSSR count). The summed E-state index contributed by atoms with van der Waals surface area (Å²) in [5, 5.41) is 4.10. The zero-order valence-electron chi connectivity index (χ0n) is 9.97. The van der Waals surface area contributed by atoms with Crippen molar-refractivity contribution in [1.82, 2.24) is 19.7 Å². The highest BCUT2D eigenvalue weighted by Crippen LogP contribution is 2.24. The van der Waals surface area contributed by atoms with E-state index in [-0.39, 0.29) is 0 Å². The number of hydrogen-bond acceptors (Lipinski definition) is 4. The number of hydrogen-bond donors (Lipinski definition) is 1. The summed E-state index contributed by atoms with van der Waals surface area (Å²) >= 11 is 0. The molecule has 1 aliphatic carbocycles. The van der Waals surface area contributed by atoms with Crippen molar-refractivity contribution in [2.75, 3.05) is 13.1 Å². The van der Waals surface area contributed by atoms with Crippen LogP contribution >= 0.6 is 0 Å². The summed E-state index contributed by atoms with van der Waals surface area (Å²) in [6.45, 7) is 2.55. The van der Waals surface area contributed by atoms with Crippen molar-refractivity contribution in [2.45, 2.75) is 38.3 Å². The second kappa shape index (κ2) is 5.41. The van der Waals surface area contributed by atoms with E-state index in [4.69, 9.17) is 5.73 Å². The molecule has 1 aromatic rings. The first-order valence-corrected chi connectivity index (χ1v) is 6.08. The lowest BCUT2D eigenvalue weighted by molar-refractivity contribution is 0.188. The minimum Gasteiger partial charge on any atom is -0.329 e. The van der Waals surface area contributed by atoms with E-state index in [1.54, 1.807) is 6.33 Å². The van der Waals surface area contributed by atoms with Crippen molar-refractivity contribution in [3.8, 4) is 0 Å². The average molecular weight is 223 g/mol. The predicted molar refractivity (Wildman–Crippen MR) is 62.7 cm³/mol. The van der Waals surface area contributed by atoms with Gasteiger partial charge in [0.15, 0.2) is 0 Å². The van der Waals surface area contributed by atoms with Gasteiger partial charge in [-0.05, 0) is 12.8 Å². The first-order valence-electron chi connectivity index (χ1n) is 6.08. The molecule has 2 N–H and O–H groups in total. The maximum atomic E-state index is 5.68. The zero-order chi connectivity index (χ0) is 11.4. The molecule has 1 fully saturated rings. The molecular formula is C11H21N5. The lowest BCUT2D eigenvalue weighted by atomic mass is 10.2. The summed E-state index contributed by atoms with van der Waals surface area (Å²) in [6.07, 6.45) is 6.93. The molecule has 0 atom stereocenters. The molecule has 1 saturated carbocycles.